The predicted octanol–water partition coefficient (Wildman–Crippen LogP) is 1.96. The maximum absolute atomic E-state index is 10.9. The van der Waals surface area contributed by atoms with E-state index in [-0.39, 0.29) is 0 Å². The molecule has 1 atom stereocenters. The van der Waals surface area contributed by atoms with Crippen LogP contribution in [0.25, 0.3) is 0 Å². The van der Waals surface area contributed by atoms with Crippen molar-refractivity contribution in [1.82, 2.24) is 0 Å². The number of primary amides is 1. The topological polar surface area (TPSA) is 43.1 Å². The SMILES string of the molecule is NC(=O)C(Cl)(Br)c1ccccc1. The number of halogens is 2. The Labute approximate surface area is 83.8 Å². The first-order valence-electron chi connectivity index (χ1n) is 3.28. The van der Waals surface area contributed by atoms with Crippen molar-refractivity contribution in [3.05, 3.63) is 35.9 Å². The van der Waals surface area contributed by atoms with E-state index in [1.54, 1.807) is 24.3 Å². The van der Waals surface area contributed by atoms with Crippen molar-refractivity contribution >= 4 is 33.4 Å². The molecule has 0 saturated heterocycles. The van der Waals surface area contributed by atoms with E-state index in [1.807, 2.05) is 6.07 Å². The third-order valence-corrected chi connectivity index (χ3v) is 2.70. The van der Waals surface area contributed by atoms with E-state index < -0.39 is 9.69 Å². The molecule has 1 aromatic rings. The minimum Gasteiger partial charge on any atom is -0.367 e. The van der Waals surface area contributed by atoms with Crippen molar-refractivity contribution < 1.29 is 4.79 Å². The molecule has 0 radical (unpaired) electrons. The Morgan fingerprint density at radius 2 is 1.92 bits per heavy atom. The maximum Gasteiger partial charge on any atom is 0.254 e. The largest absolute Gasteiger partial charge is 0.367 e. The summed E-state index contributed by atoms with van der Waals surface area (Å²) in [6.07, 6.45) is 0. The monoisotopic (exact) mass is 247 g/mol. The van der Waals surface area contributed by atoms with Crippen LogP contribution in [0.5, 0.6) is 0 Å². The Hall–Kier alpha value is -0.540. The van der Waals surface area contributed by atoms with Crippen molar-refractivity contribution in [1.29, 1.82) is 0 Å². The summed E-state index contributed by atoms with van der Waals surface area (Å²) in [7, 11) is 0. The van der Waals surface area contributed by atoms with Crippen LogP contribution in [0.2, 0.25) is 0 Å². The van der Waals surface area contributed by atoms with E-state index in [0.29, 0.717) is 5.56 Å². The molecule has 4 heteroatoms. The Morgan fingerprint density at radius 3 is 2.33 bits per heavy atom. The number of alkyl halides is 2. The van der Waals surface area contributed by atoms with Crippen molar-refractivity contribution in [2.45, 2.75) is 3.78 Å². The smallest absolute Gasteiger partial charge is 0.254 e. The third-order valence-electron chi connectivity index (χ3n) is 1.45. The number of carbonyl (C=O) groups is 1. The molecule has 0 aliphatic heterocycles. The van der Waals surface area contributed by atoms with Gasteiger partial charge in [0.15, 0.2) is 0 Å². The fourth-order valence-electron chi connectivity index (χ4n) is 0.790. The van der Waals surface area contributed by atoms with E-state index in [4.69, 9.17) is 17.3 Å². The van der Waals surface area contributed by atoms with Gasteiger partial charge in [0.05, 0.1) is 0 Å². The zero-order valence-electron chi connectivity index (χ0n) is 6.13. The Morgan fingerprint density at radius 1 is 1.42 bits per heavy atom. The number of benzene rings is 1. The molecule has 1 aromatic carbocycles. The first-order valence-corrected chi connectivity index (χ1v) is 4.45. The molecule has 0 aromatic heterocycles. The van der Waals surface area contributed by atoms with Gasteiger partial charge in [0.2, 0.25) is 3.78 Å². The highest BCUT2D eigenvalue weighted by Crippen LogP contribution is 2.35. The van der Waals surface area contributed by atoms with Crippen LogP contribution in [0.1, 0.15) is 5.56 Å². The lowest BCUT2D eigenvalue weighted by molar-refractivity contribution is -0.118. The highest BCUT2D eigenvalue weighted by atomic mass is 79.9. The molecule has 2 nitrogen and oxygen atoms in total. The summed E-state index contributed by atoms with van der Waals surface area (Å²) in [5.41, 5.74) is 5.72. The minimum absolute atomic E-state index is 0.615. The highest BCUT2D eigenvalue weighted by molar-refractivity contribution is 9.10. The highest BCUT2D eigenvalue weighted by Gasteiger charge is 2.32. The zero-order valence-corrected chi connectivity index (χ0v) is 8.47. The molecule has 0 spiro atoms. The fraction of sp³-hybridized carbons (Fsp3) is 0.125. The lowest BCUT2D eigenvalue weighted by Gasteiger charge is -2.15. The lowest BCUT2D eigenvalue weighted by Crippen LogP contribution is -2.30. The van der Waals surface area contributed by atoms with Crippen LogP contribution in [0.15, 0.2) is 30.3 Å². The van der Waals surface area contributed by atoms with E-state index in [2.05, 4.69) is 15.9 Å². The summed E-state index contributed by atoms with van der Waals surface area (Å²) in [6, 6.07) is 8.87. The van der Waals surface area contributed by atoms with Gasteiger partial charge in [-0.3, -0.25) is 4.79 Å². The molecule has 2 N–H and O–H groups in total. The molecule has 1 rings (SSSR count). The van der Waals surface area contributed by atoms with Crippen LogP contribution in [-0.4, -0.2) is 5.91 Å². The minimum atomic E-state index is -1.28. The van der Waals surface area contributed by atoms with Gasteiger partial charge in [0.1, 0.15) is 0 Å². The number of rotatable bonds is 2. The second-order valence-electron chi connectivity index (χ2n) is 2.30. The zero-order chi connectivity index (χ0) is 9.19. The second-order valence-corrected chi connectivity index (χ2v) is 4.52. The lowest BCUT2D eigenvalue weighted by atomic mass is 10.1. The number of hydrogen-bond acceptors (Lipinski definition) is 1. The van der Waals surface area contributed by atoms with Gasteiger partial charge in [-0.2, -0.15) is 0 Å². The molecule has 0 heterocycles. The van der Waals surface area contributed by atoms with Crippen molar-refractivity contribution in [2.24, 2.45) is 5.73 Å². The first-order chi connectivity index (χ1) is 5.55. The maximum atomic E-state index is 10.9. The van der Waals surface area contributed by atoms with Gasteiger partial charge in [-0.1, -0.05) is 57.9 Å². The molecule has 1 amide bonds. The molecule has 1 unspecified atom stereocenters. The average Bonchev–Trinajstić information content (AvgIpc) is 2.06. The van der Waals surface area contributed by atoms with E-state index in [9.17, 15) is 4.79 Å². The first kappa shape index (κ1) is 9.55. The van der Waals surface area contributed by atoms with Crippen LogP contribution >= 0.6 is 27.5 Å². The fourth-order valence-corrected chi connectivity index (χ4v) is 1.18. The Bertz CT molecular complexity index is 286. The van der Waals surface area contributed by atoms with Crippen molar-refractivity contribution in [3.63, 3.8) is 0 Å². The van der Waals surface area contributed by atoms with Gasteiger partial charge >= 0.3 is 0 Å². The Balaban J connectivity index is 3.06. The molecule has 0 aliphatic rings. The van der Waals surface area contributed by atoms with Crippen LogP contribution in [0, 0.1) is 0 Å². The molecule has 0 aliphatic carbocycles. The molecular weight excluding hydrogens is 241 g/mol. The van der Waals surface area contributed by atoms with Crippen LogP contribution in [0.3, 0.4) is 0 Å². The number of carbonyl (C=O) groups excluding carboxylic acids is 1. The van der Waals surface area contributed by atoms with Gasteiger partial charge in [0.25, 0.3) is 5.91 Å². The third kappa shape index (κ3) is 1.79. The number of nitrogens with two attached hydrogens (primary N) is 1. The summed E-state index contributed by atoms with van der Waals surface area (Å²) in [4.78, 5) is 10.9. The predicted molar refractivity (Wildman–Crippen MR) is 52.1 cm³/mol. The molecule has 0 saturated carbocycles. The summed E-state index contributed by atoms with van der Waals surface area (Å²) in [6.45, 7) is 0. The number of hydrogen-bond donors (Lipinski definition) is 1. The van der Waals surface area contributed by atoms with Gasteiger partial charge < -0.3 is 5.73 Å². The van der Waals surface area contributed by atoms with Crippen LogP contribution < -0.4 is 5.73 Å². The standard InChI is InChI=1S/C8H7BrClNO/c9-8(10,7(11)12)6-4-2-1-3-5-6/h1-5H,(H2,11,12). The van der Waals surface area contributed by atoms with E-state index in [1.165, 1.54) is 0 Å². The van der Waals surface area contributed by atoms with Gasteiger partial charge in [-0.05, 0) is 5.56 Å². The van der Waals surface area contributed by atoms with Gasteiger partial charge in [0, 0.05) is 0 Å². The molecule has 12 heavy (non-hydrogen) atoms. The summed E-state index contributed by atoms with van der Waals surface area (Å²) < 4.78 is -1.28. The molecule has 0 fully saturated rings. The quantitative estimate of drug-likeness (QED) is 0.799. The van der Waals surface area contributed by atoms with Gasteiger partial charge in [-0.15, -0.1) is 0 Å². The molecule has 0 bridgehead atoms. The molecule has 64 valence electrons. The van der Waals surface area contributed by atoms with E-state index in [0.717, 1.165) is 0 Å². The number of amides is 1. The normalized spacial score (nSPS) is 15.2. The van der Waals surface area contributed by atoms with Gasteiger partial charge in [-0.25, -0.2) is 0 Å². The summed E-state index contributed by atoms with van der Waals surface area (Å²) >= 11 is 8.88. The van der Waals surface area contributed by atoms with Crippen molar-refractivity contribution in [2.75, 3.05) is 0 Å². The summed E-state index contributed by atoms with van der Waals surface area (Å²) in [5, 5.41) is 0. The summed E-state index contributed by atoms with van der Waals surface area (Å²) in [5.74, 6) is -0.615. The average molecular weight is 249 g/mol. The molecular formula is C8H7BrClNO. The van der Waals surface area contributed by atoms with Crippen molar-refractivity contribution in [3.8, 4) is 0 Å². The second kappa shape index (κ2) is 3.46. The van der Waals surface area contributed by atoms with Crippen LogP contribution in [-0.2, 0) is 8.58 Å². The Kier molecular flexibility index (Phi) is 2.75. The van der Waals surface area contributed by atoms with E-state index >= 15 is 0 Å². The van der Waals surface area contributed by atoms with Crippen LogP contribution in [0.4, 0.5) is 0 Å².